The number of aliphatic carboxylic acids is 1. The molecule has 2 N–H and O–H groups in total. The zero-order valence-corrected chi connectivity index (χ0v) is 13.0. The van der Waals surface area contributed by atoms with Crippen LogP contribution in [0.1, 0.15) is 25.8 Å². The molecule has 1 fully saturated rings. The lowest BCUT2D eigenvalue weighted by atomic mass is 9.85. The van der Waals surface area contributed by atoms with Gasteiger partial charge in [-0.1, -0.05) is 44.2 Å². The third-order valence-electron chi connectivity index (χ3n) is 4.30. The number of nitrogens with zero attached hydrogens (tertiary/aromatic N) is 1. The van der Waals surface area contributed by atoms with Crippen molar-refractivity contribution in [1.82, 2.24) is 10.2 Å². The van der Waals surface area contributed by atoms with Crippen LogP contribution in [0.25, 0.3) is 0 Å². The fraction of sp³-hybridized carbons (Fsp3) is 0.588. The van der Waals surface area contributed by atoms with Gasteiger partial charge < -0.3 is 10.4 Å². The summed E-state index contributed by atoms with van der Waals surface area (Å²) >= 11 is 0. The molecule has 2 atom stereocenters. The lowest BCUT2D eigenvalue weighted by molar-refractivity contribution is -0.139. The SMILES string of the molecule is CC(C)C1CC(NCc2ccccc2)CN(CC(=O)O)C1. The third-order valence-corrected chi connectivity index (χ3v) is 4.30. The Balaban J connectivity index is 1.92. The second-order valence-electron chi connectivity index (χ2n) is 6.39. The maximum absolute atomic E-state index is 11.0. The lowest BCUT2D eigenvalue weighted by Gasteiger charge is -2.39. The van der Waals surface area contributed by atoms with Crippen LogP contribution in [0.4, 0.5) is 0 Å². The van der Waals surface area contributed by atoms with Gasteiger partial charge in [0.2, 0.25) is 0 Å². The van der Waals surface area contributed by atoms with E-state index < -0.39 is 5.97 Å². The van der Waals surface area contributed by atoms with Gasteiger partial charge in [-0.05, 0) is 23.8 Å². The van der Waals surface area contributed by atoms with E-state index >= 15 is 0 Å². The normalized spacial score (nSPS) is 23.4. The Morgan fingerprint density at radius 3 is 2.67 bits per heavy atom. The van der Waals surface area contributed by atoms with E-state index in [2.05, 4.69) is 36.2 Å². The fourth-order valence-electron chi connectivity index (χ4n) is 3.04. The number of hydrogen-bond donors (Lipinski definition) is 2. The van der Waals surface area contributed by atoms with Crippen LogP contribution in [-0.4, -0.2) is 41.7 Å². The first-order valence-corrected chi connectivity index (χ1v) is 7.76. The first kappa shape index (κ1) is 16.0. The molecule has 0 spiro atoms. The van der Waals surface area contributed by atoms with Gasteiger partial charge in [-0.25, -0.2) is 0 Å². The van der Waals surface area contributed by atoms with Crippen LogP contribution in [0.5, 0.6) is 0 Å². The van der Waals surface area contributed by atoms with Gasteiger partial charge in [0.1, 0.15) is 0 Å². The van der Waals surface area contributed by atoms with Crippen LogP contribution in [0.15, 0.2) is 30.3 Å². The summed E-state index contributed by atoms with van der Waals surface area (Å²) in [6.45, 7) is 7.16. The molecule has 0 bridgehead atoms. The molecule has 1 heterocycles. The van der Waals surface area contributed by atoms with Gasteiger partial charge in [0.05, 0.1) is 6.54 Å². The summed E-state index contributed by atoms with van der Waals surface area (Å²) in [6.07, 6.45) is 1.13. The zero-order chi connectivity index (χ0) is 15.2. The monoisotopic (exact) mass is 290 g/mol. The predicted octanol–water partition coefficient (Wildman–Crippen LogP) is 2.21. The van der Waals surface area contributed by atoms with Crippen LogP contribution >= 0.6 is 0 Å². The zero-order valence-electron chi connectivity index (χ0n) is 13.0. The van der Waals surface area contributed by atoms with Gasteiger partial charge in [-0.2, -0.15) is 0 Å². The summed E-state index contributed by atoms with van der Waals surface area (Å²) in [6, 6.07) is 10.7. The smallest absolute Gasteiger partial charge is 0.317 e. The average Bonchev–Trinajstić information content (AvgIpc) is 2.45. The minimum Gasteiger partial charge on any atom is -0.480 e. The molecule has 2 rings (SSSR count). The molecular weight excluding hydrogens is 264 g/mol. The summed E-state index contributed by atoms with van der Waals surface area (Å²) in [4.78, 5) is 13.0. The standard InChI is InChI=1S/C17H26N2O2/c1-13(2)15-8-16(11-19(10-15)12-17(20)21)18-9-14-6-4-3-5-7-14/h3-7,13,15-16,18H,8-12H2,1-2H3,(H,20,21). The fourth-order valence-corrected chi connectivity index (χ4v) is 3.04. The Morgan fingerprint density at radius 1 is 1.33 bits per heavy atom. The van der Waals surface area contributed by atoms with E-state index in [4.69, 9.17) is 5.11 Å². The summed E-state index contributed by atoms with van der Waals surface area (Å²) in [5.41, 5.74) is 1.27. The molecule has 1 saturated heterocycles. The molecule has 116 valence electrons. The van der Waals surface area contributed by atoms with Gasteiger partial charge in [0, 0.05) is 25.7 Å². The summed E-state index contributed by atoms with van der Waals surface area (Å²) in [5, 5.41) is 12.6. The quantitative estimate of drug-likeness (QED) is 0.843. The Kier molecular flexibility index (Phi) is 5.76. The van der Waals surface area contributed by atoms with Crippen molar-refractivity contribution < 1.29 is 9.90 Å². The number of carbonyl (C=O) groups is 1. The van der Waals surface area contributed by atoms with Crippen LogP contribution in [0.2, 0.25) is 0 Å². The molecule has 0 radical (unpaired) electrons. The van der Waals surface area contributed by atoms with Crippen LogP contribution in [0, 0.1) is 11.8 Å². The summed E-state index contributed by atoms with van der Waals surface area (Å²) < 4.78 is 0. The van der Waals surface area contributed by atoms with Crippen molar-refractivity contribution in [2.45, 2.75) is 32.9 Å². The summed E-state index contributed by atoms with van der Waals surface area (Å²) in [7, 11) is 0. The van der Waals surface area contributed by atoms with E-state index in [-0.39, 0.29) is 6.54 Å². The number of likely N-dealkylation sites (tertiary alicyclic amines) is 1. The molecule has 0 aromatic heterocycles. The summed E-state index contributed by atoms with van der Waals surface area (Å²) in [5.74, 6) is 0.412. The number of nitrogens with one attached hydrogen (secondary N) is 1. The van der Waals surface area contributed by atoms with E-state index in [1.165, 1.54) is 5.56 Å². The van der Waals surface area contributed by atoms with Crippen molar-refractivity contribution in [3.63, 3.8) is 0 Å². The first-order chi connectivity index (χ1) is 10.0. The predicted molar refractivity (Wildman–Crippen MR) is 84.1 cm³/mol. The number of benzene rings is 1. The first-order valence-electron chi connectivity index (χ1n) is 7.76. The minimum atomic E-state index is -0.735. The second-order valence-corrected chi connectivity index (χ2v) is 6.39. The van der Waals surface area contributed by atoms with E-state index in [0.717, 1.165) is 26.1 Å². The van der Waals surface area contributed by atoms with E-state index in [0.29, 0.717) is 17.9 Å². The highest BCUT2D eigenvalue weighted by Crippen LogP contribution is 2.24. The Hall–Kier alpha value is -1.39. The molecule has 4 nitrogen and oxygen atoms in total. The van der Waals surface area contributed by atoms with Crippen molar-refractivity contribution in [3.8, 4) is 0 Å². The minimum absolute atomic E-state index is 0.146. The number of piperidine rings is 1. The molecule has 1 aromatic carbocycles. The highest BCUT2D eigenvalue weighted by Gasteiger charge is 2.29. The molecule has 4 heteroatoms. The average molecular weight is 290 g/mol. The molecular formula is C17H26N2O2. The van der Waals surface area contributed by atoms with Crippen LogP contribution < -0.4 is 5.32 Å². The third kappa shape index (κ3) is 5.14. The molecule has 1 aromatic rings. The second kappa shape index (κ2) is 7.57. The van der Waals surface area contributed by atoms with Gasteiger partial charge in [0.15, 0.2) is 0 Å². The molecule has 2 unspecified atom stereocenters. The van der Waals surface area contributed by atoms with E-state index in [1.54, 1.807) is 0 Å². The lowest BCUT2D eigenvalue weighted by Crippen LogP contribution is -2.51. The maximum atomic E-state index is 11.0. The maximum Gasteiger partial charge on any atom is 0.317 e. The Morgan fingerprint density at radius 2 is 2.05 bits per heavy atom. The van der Waals surface area contributed by atoms with Crippen LogP contribution in [-0.2, 0) is 11.3 Å². The Bertz CT molecular complexity index is 447. The molecule has 21 heavy (non-hydrogen) atoms. The van der Waals surface area contributed by atoms with Gasteiger partial charge in [-0.3, -0.25) is 9.69 Å². The van der Waals surface area contributed by atoms with E-state index in [1.807, 2.05) is 18.2 Å². The largest absolute Gasteiger partial charge is 0.480 e. The Labute approximate surface area is 127 Å². The van der Waals surface area contributed by atoms with Gasteiger partial charge >= 0.3 is 5.97 Å². The van der Waals surface area contributed by atoms with E-state index in [9.17, 15) is 4.79 Å². The molecule has 1 aliphatic heterocycles. The molecule has 0 amide bonds. The van der Waals surface area contributed by atoms with Crippen LogP contribution in [0.3, 0.4) is 0 Å². The molecule has 0 aliphatic carbocycles. The van der Waals surface area contributed by atoms with Crippen molar-refractivity contribution in [2.24, 2.45) is 11.8 Å². The number of carboxylic acids is 1. The number of rotatable bonds is 6. The van der Waals surface area contributed by atoms with Gasteiger partial charge in [0.25, 0.3) is 0 Å². The van der Waals surface area contributed by atoms with Crippen molar-refractivity contribution in [1.29, 1.82) is 0 Å². The molecule has 1 aliphatic rings. The van der Waals surface area contributed by atoms with Crippen molar-refractivity contribution >= 4 is 5.97 Å². The van der Waals surface area contributed by atoms with Gasteiger partial charge in [-0.15, -0.1) is 0 Å². The highest BCUT2D eigenvalue weighted by molar-refractivity contribution is 5.69. The van der Waals surface area contributed by atoms with Crippen molar-refractivity contribution in [3.05, 3.63) is 35.9 Å². The van der Waals surface area contributed by atoms with Crippen molar-refractivity contribution in [2.75, 3.05) is 19.6 Å². The number of hydrogen-bond acceptors (Lipinski definition) is 3. The highest BCUT2D eigenvalue weighted by atomic mass is 16.4. The number of carboxylic acid groups (broad SMARTS) is 1. The molecule has 0 saturated carbocycles. The topological polar surface area (TPSA) is 52.6 Å².